The first-order chi connectivity index (χ1) is 12.9. The Hall–Kier alpha value is -1.73. The van der Waals surface area contributed by atoms with Crippen LogP contribution in [-0.4, -0.2) is 47.3 Å². The highest BCUT2D eigenvalue weighted by atomic mass is 35.5. The summed E-state index contributed by atoms with van der Waals surface area (Å²) in [7, 11) is 0. The van der Waals surface area contributed by atoms with E-state index in [2.05, 4.69) is 5.32 Å². The minimum Gasteiger partial charge on any atom is -0.395 e. The zero-order valence-electron chi connectivity index (χ0n) is 14.7. The highest BCUT2D eigenvalue weighted by Gasteiger charge is 2.18. The highest BCUT2D eigenvalue weighted by molar-refractivity contribution is 8.00. The number of halogens is 2. The maximum atomic E-state index is 12.7. The Labute approximate surface area is 172 Å². The van der Waals surface area contributed by atoms with E-state index in [1.807, 2.05) is 13.0 Å². The average molecular weight is 427 g/mol. The molecule has 0 unspecified atom stereocenters. The molecule has 2 aromatic rings. The lowest BCUT2D eigenvalue weighted by Crippen LogP contribution is -2.33. The molecule has 0 aliphatic carbocycles. The van der Waals surface area contributed by atoms with E-state index in [-0.39, 0.29) is 30.7 Å². The van der Waals surface area contributed by atoms with Gasteiger partial charge >= 0.3 is 0 Å². The van der Waals surface area contributed by atoms with Gasteiger partial charge in [-0.1, -0.05) is 35.3 Å². The van der Waals surface area contributed by atoms with E-state index in [0.717, 1.165) is 0 Å². The maximum absolute atomic E-state index is 12.7. The van der Waals surface area contributed by atoms with E-state index in [1.165, 1.54) is 11.8 Å². The molecule has 0 heterocycles. The van der Waals surface area contributed by atoms with Crippen molar-refractivity contribution in [2.24, 2.45) is 0 Å². The van der Waals surface area contributed by atoms with Gasteiger partial charge in [-0.2, -0.15) is 0 Å². The van der Waals surface area contributed by atoms with Crippen molar-refractivity contribution in [2.75, 3.05) is 30.8 Å². The number of carbonyl (C=O) groups excluding carboxylic acids is 2. The Morgan fingerprint density at radius 1 is 1.15 bits per heavy atom. The molecule has 0 saturated carbocycles. The molecule has 0 atom stereocenters. The molecule has 144 valence electrons. The van der Waals surface area contributed by atoms with E-state index in [1.54, 1.807) is 41.3 Å². The van der Waals surface area contributed by atoms with Gasteiger partial charge in [0.15, 0.2) is 0 Å². The van der Waals surface area contributed by atoms with Crippen LogP contribution in [0.2, 0.25) is 10.0 Å². The van der Waals surface area contributed by atoms with Gasteiger partial charge in [0, 0.05) is 33.7 Å². The Kier molecular flexibility index (Phi) is 8.44. The standard InChI is InChI=1S/C19H20Cl2N2O3S/c1-2-23(7-8-24)19(26)16-5-3-4-6-17(16)27-12-18(25)22-15-10-13(20)9-14(21)11-15/h3-6,9-11,24H,2,7-8,12H2,1H3,(H,22,25). The van der Waals surface area contributed by atoms with Crippen LogP contribution in [0, 0.1) is 0 Å². The number of benzene rings is 2. The summed E-state index contributed by atoms with van der Waals surface area (Å²) in [5.74, 6) is -0.277. The smallest absolute Gasteiger partial charge is 0.255 e. The van der Waals surface area contributed by atoms with Crippen molar-refractivity contribution in [2.45, 2.75) is 11.8 Å². The van der Waals surface area contributed by atoms with E-state index in [9.17, 15) is 9.59 Å². The summed E-state index contributed by atoms with van der Waals surface area (Å²) in [5.41, 5.74) is 1.03. The third kappa shape index (κ3) is 6.43. The van der Waals surface area contributed by atoms with Crippen molar-refractivity contribution in [1.82, 2.24) is 4.90 Å². The number of carbonyl (C=O) groups is 2. The number of hydrogen-bond donors (Lipinski definition) is 2. The molecule has 8 heteroatoms. The second-order valence-electron chi connectivity index (χ2n) is 5.60. The number of aliphatic hydroxyl groups excluding tert-OH is 1. The van der Waals surface area contributed by atoms with Crippen LogP contribution in [0.25, 0.3) is 0 Å². The SMILES string of the molecule is CCN(CCO)C(=O)c1ccccc1SCC(=O)Nc1cc(Cl)cc(Cl)c1. The lowest BCUT2D eigenvalue weighted by molar-refractivity contribution is -0.113. The molecule has 2 N–H and O–H groups in total. The summed E-state index contributed by atoms with van der Waals surface area (Å²) in [5, 5.41) is 12.7. The molecule has 0 saturated heterocycles. The van der Waals surface area contributed by atoms with Gasteiger partial charge in [0.05, 0.1) is 17.9 Å². The van der Waals surface area contributed by atoms with Crippen molar-refractivity contribution in [3.63, 3.8) is 0 Å². The van der Waals surface area contributed by atoms with Crippen molar-refractivity contribution in [1.29, 1.82) is 0 Å². The molecule has 2 aromatic carbocycles. The molecular formula is C19H20Cl2N2O3S. The minimum absolute atomic E-state index is 0.0977. The number of nitrogens with zero attached hydrogens (tertiary/aromatic N) is 1. The quantitative estimate of drug-likeness (QED) is 0.621. The lowest BCUT2D eigenvalue weighted by Gasteiger charge is -2.21. The molecule has 0 aliphatic heterocycles. The van der Waals surface area contributed by atoms with E-state index in [4.69, 9.17) is 28.3 Å². The highest BCUT2D eigenvalue weighted by Crippen LogP contribution is 2.25. The van der Waals surface area contributed by atoms with Gasteiger partial charge in [-0.05, 0) is 37.3 Å². The molecule has 0 radical (unpaired) electrons. The Bertz CT molecular complexity index is 797. The first-order valence-corrected chi connectivity index (χ1v) is 10.1. The predicted molar refractivity (Wildman–Crippen MR) is 111 cm³/mol. The van der Waals surface area contributed by atoms with Gasteiger partial charge in [-0.3, -0.25) is 9.59 Å². The second kappa shape index (κ2) is 10.6. The molecule has 2 amide bonds. The number of rotatable bonds is 8. The van der Waals surface area contributed by atoms with Crippen LogP contribution < -0.4 is 5.32 Å². The summed E-state index contributed by atoms with van der Waals surface area (Å²) < 4.78 is 0. The van der Waals surface area contributed by atoms with Gasteiger partial charge in [0.25, 0.3) is 5.91 Å². The molecule has 27 heavy (non-hydrogen) atoms. The van der Waals surface area contributed by atoms with Gasteiger partial charge in [0.1, 0.15) is 0 Å². The number of amides is 2. The zero-order valence-corrected chi connectivity index (χ0v) is 17.1. The van der Waals surface area contributed by atoms with Crippen molar-refractivity contribution in [3.8, 4) is 0 Å². The number of likely N-dealkylation sites (N-methyl/N-ethyl adjacent to an activating group) is 1. The van der Waals surface area contributed by atoms with Crippen LogP contribution in [0.4, 0.5) is 5.69 Å². The number of aliphatic hydroxyl groups is 1. The first-order valence-electron chi connectivity index (χ1n) is 8.32. The van der Waals surface area contributed by atoms with E-state index < -0.39 is 0 Å². The lowest BCUT2D eigenvalue weighted by atomic mass is 10.2. The van der Waals surface area contributed by atoms with Crippen LogP contribution >= 0.6 is 35.0 Å². The summed E-state index contributed by atoms with van der Waals surface area (Å²) in [6, 6.07) is 11.9. The van der Waals surface area contributed by atoms with Crippen molar-refractivity contribution >= 4 is 52.5 Å². The first kappa shape index (κ1) is 21.6. The Morgan fingerprint density at radius 2 is 1.81 bits per heavy atom. The van der Waals surface area contributed by atoms with E-state index in [0.29, 0.717) is 32.7 Å². The van der Waals surface area contributed by atoms with Crippen LogP contribution in [0.1, 0.15) is 17.3 Å². The van der Waals surface area contributed by atoms with Gasteiger partial charge in [-0.25, -0.2) is 0 Å². The number of hydrogen-bond acceptors (Lipinski definition) is 4. The number of anilines is 1. The van der Waals surface area contributed by atoms with Gasteiger partial charge in [-0.15, -0.1) is 11.8 Å². The van der Waals surface area contributed by atoms with Crippen LogP contribution in [0.15, 0.2) is 47.4 Å². The van der Waals surface area contributed by atoms with Gasteiger partial charge in [0.2, 0.25) is 5.91 Å². The van der Waals surface area contributed by atoms with Gasteiger partial charge < -0.3 is 15.3 Å². The minimum atomic E-state index is -0.233. The fourth-order valence-electron chi connectivity index (χ4n) is 2.43. The molecule has 0 spiro atoms. The average Bonchev–Trinajstić information content (AvgIpc) is 2.63. The Morgan fingerprint density at radius 3 is 2.44 bits per heavy atom. The summed E-state index contributed by atoms with van der Waals surface area (Å²) in [6.07, 6.45) is 0. The Balaban J connectivity index is 2.05. The van der Waals surface area contributed by atoms with Crippen LogP contribution in [0.5, 0.6) is 0 Å². The predicted octanol–water partition coefficient (Wildman–Crippen LogP) is 4.18. The third-order valence-electron chi connectivity index (χ3n) is 3.66. The summed E-state index contributed by atoms with van der Waals surface area (Å²) in [4.78, 5) is 27.2. The van der Waals surface area contributed by atoms with E-state index >= 15 is 0 Å². The summed E-state index contributed by atoms with van der Waals surface area (Å²) in [6.45, 7) is 2.52. The van der Waals surface area contributed by atoms with Crippen LogP contribution in [0.3, 0.4) is 0 Å². The molecule has 0 aromatic heterocycles. The van der Waals surface area contributed by atoms with Crippen molar-refractivity contribution < 1.29 is 14.7 Å². The molecule has 0 bridgehead atoms. The largest absolute Gasteiger partial charge is 0.395 e. The fourth-order valence-corrected chi connectivity index (χ4v) is 3.80. The topological polar surface area (TPSA) is 69.6 Å². The number of thioether (sulfide) groups is 1. The molecule has 5 nitrogen and oxygen atoms in total. The third-order valence-corrected chi connectivity index (χ3v) is 5.17. The summed E-state index contributed by atoms with van der Waals surface area (Å²) >= 11 is 13.1. The van der Waals surface area contributed by atoms with Crippen molar-refractivity contribution in [3.05, 3.63) is 58.1 Å². The molecule has 0 fully saturated rings. The molecule has 0 aliphatic rings. The molecule has 2 rings (SSSR count). The van der Waals surface area contributed by atoms with Crippen LogP contribution in [-0.2, 0) is 4.79 Å². The fraction of sp³-hybridized carbons (Fsp3) is 0.263. The zero-order chi connectivity index (χ0) is 19.8. The number of nitrogens with one attached hydrogen (secondary N) is 1. The second-order valence-corrected chi connectivity index (χ2v) is 7.49. The molecular weight excluding hydrogens is 407 g/mol. The normalized spacial score (nSPS) is 10.5. The maximum Gasteiger partial charge on any atom is 0.255 e. The monoisotopic (exact) mass is 426 g/mol.